The van der Waals surface area contributed by atoms with Gasteiger partial charge in [0.1, 0.15) is 11.1 Å². The van der Waals surface area contributed by atoms with Gasteiger partial charge in [-0.15, -0.1) is 0 Å². The number of para-hydroxylation sites is 1. The zero-order valence-corrected chi connectivity index (χ0v) is 21.5. The smallest absolute Gasteiger partial charge is 0.334 e. The third-order valence-corrected chi connectivity index (χ3v) is 6.79. The molecule has 0 spiro atoms. The molecule has 2 aromatic carbocycles. The van der Waals surface area contributed by atoms with Crippen molar-refractivity contribution in [1.82, 2.24) is 24.9 Å². The Morgan fingerprint density at radius 3 is 2.24 bits per heavy atom. The van der Waals surface area contributed by atoms with Gasteiger partial charge in [-0.25, -0.2) is 9.36 Å². The molecule has 5 rings (SSSR count). The first-order valence-electron chi connectivity index (χ1n) is 11.9. The summed E-state index contributed by atoms with van der Waals surface area (Å²) in [5, 5.41) is 18.7. The second-order valence-electron chi connectivity index (χ2n) is 9.38. The first kappa shape index (κ1) is 29.1. The molecular formula is C26H15ClF8N6O. The monoisotopic (exact) mass is 614 g/mol. The quantitative estimate of drug-likeness (QED) is 0.241. The standard InChI is InChI=1S/C26H15ClF8N6O/c27-18-7-6-14(10-17(18)21(42)38-23(13-36)8-9-23)15-11-37-40(12-15)22-19(25(30,31)32)20(24(28,29)26(33,34)35)39-41(22)16-4-2-1-3-5-16/h1-7,10-12H,8-9H2,(H,38,42). The van der Waals surface area contributed by atoms with E-state index in [0.29, 0.717) is 22.2 Å². The molecule has 0 unspecified atom stereocenters. The summed E-state index contributed by atoms with van der Waals surface area (Å²) in [6, 6.07) is 12.4. The van der Waals surface area contributed by atoms with E-state index >= 15 is 0 Å². The second kappa shape index (κ2) is 9.83. The molecular weight excluding hydrogens is 600 g/mol. The summed E-state index contributed by atoms with van der Waals surface area (Å²) in [4.78, 5) is 12.8. The lowest BCUT2D eigenvalue weighted by molar-refractivity contribution is -0.292. The van der Waals surface area contributed by atoms with E-state index in [1.165, 1.54) is 36.4 Å². The Kier molecular flexibility index (Phi) is 6.80. The molecule has 1 aliphatic carbocycles. The van der Waals surface area contributed by atoms with Crippen LogP contribution in [0.3, 0.4) is 0 Å². The van der Waals surface area contributed by atoms with Crippen LogP contribution >= 0.6 is 11.6 Å². The summed E-state index contributed by atoms with van der Waals surface area (Å²) in [6.45, 7) is 0. The number of nitriles is 1. The minimum Gasteiger partial charge on any atom is -0.334 e. The molecule has 0 atom stereocenters. The molecule has 0 radical (unpaired) electrons. The van der Waals surface area contributed by atoms with Crippen LogP contribution in [-0.4, -0.2) is 37.2 Å². The van der Waals surface area contributed by atoms with Crippen molar-refractivity contribution in [2.45, 2.75) is 36.7 Å². The molecule has 2 heterocycles. The Morgan fingerprint density at radius 1 is 1.00 bits per heavy atom. The van der Waals surface area contributed by atoms with Crippen molar-refractivity contribution in [3.63, 3.8) is 0 Å². The maximum absolute atomic E-state index is 14.5. The first-order valence-corrected chi connectivity index (χ1v) is 12.3. The summed E-state index contributed by atoms with van der Waals surface area (Å²) < 4.78 is 112. The van der Waals surface area contributed by atoms with Crippen LogP contribution in [0.25, 0.3) is 22.6 Å². The molecule has 1 aliphatic rings. The fraction of sp³-hybridized carbons (Fsp3) is 0.231. The minimum atomic E-state index is -6.39. The van der Waals surface area contributed by atoms with Crippen LogP contribution < -0.4 is 5.32 Å². The normalized spacial score (nSPS) is 14.9. The zero-order valence-electron chi connectivity index (χ0n) is 20.7. The van der Waals surface area contributed by atoms with E-state index in [9.17, 15) is 45.2 Å². The largest absolute Gasteiger partial charge is 0.459 e. The number of nitrogens with one attached hydrogen (secondary N) is 1. The van der Waals surface area contributed by atoms with Crippen molar-refractivity contribution in [3.05, 3.63) is 82.8 Å². The van der Waals surface area contributed by atoms with Crippen LogP contribution in [0.2, 0.25) is 5.02 Å². The molecule has 0 aliphatic heterocycles. The molecule has 42 heavy (non-hydrogen) atoms. The van der Waals surface area contributed by atoms with Gasteiger partial charge in [-0.1, -0.05) is 35.9 Å². The van der Waals surface area contributed by atoms with E-state index in [4.69, 9.17) is 11.6 Å². The molecule has 0 bridgehead atoms. The molecule has 1 amide bonds. The average molecular weight is 615 g/mol. The van der Waals surface area contributed by atoms with Gasteiger partial charge in [0.25, 0.3) is 5.91 Å². The maximum atomic E-state index is 14.5. The van der Waals surface area contributed by atoms with Gasteiger partial charge in [0.05, 0.1) is 28.5 Å². The van der Waals surface area contributed by atoms with E-state index < -0.39 is 46.8 Å². The van der Waals surface area contributed by atoms with Crippen molar-refractivity contribution in [2.75, 3.05) is 0 Å². The van der Waals surface area contributed by atoms with Crippen molar-refractivity contribution < 1.29 is 39.9 Å². The summed E-state index contributed by atoms with van der Waals surface area (Å²) in [5.41, 5.74) is -5.99. The Labute approximate surface area is 235 Å². The predicted molar refractivity (Wildman–Crippen MR) is 131 cm³/mol. The van der Waals surface area contributed by atoms with Gasteiger partial charge in [-0.2, -0.15) is 50.6 Å². The van der Waals surface area contributed by atoms with Crippen LogP contribution in [0.1, 0.15) is 34.5 Å². The Bertz CT molecular complexity index is 1720. The van der Waals surface area contributed by atoms with E-state index in [-0.39, 0.29) is 27.4 Å². The van der Waals surface area contributed by atoms with Crippen molar-refractivity contribution in [2.24, 2.45) is 0 Å². The third-order valence-electron chi connectivity index (χ3n) is 6.46. The number of rotatable bonds is 6. The van der Waals surface area contributed by atoms with Crippen LogP contribution in [0, 0.1) is 11.3 Å². The van der Waals surface area contributed by atoms with Crippen molar-refractivity contribution in [3.8, 4) is 28.7 Å². The highest BCUT2D eigenvalue weighted by Crippen LogP contribution is 2.49. The molecule has 7 nitrogen and oxygen atoms in total. The minimum absolute atomic E-state index is 0.00193. The van der Waals surface area contributed by atoms with Crippen LogP contribution in [0.5, 0.6) is 0 Å². The van der Waals surface area contributed by atoms with E-state index in [0.717, 1.165) is 24.5 Å². The molecule has 2 aromatic heterocycles. The summed E-state index contributed by atoms with van der Waals surface area (Å²) in [7, 11) is 0. The summed E-state index contributed by atoms with van der Waals surface area (Å²) in [6.07, 6.45) is -9.27. The lowest BCUT2D eigenvalue weighted by Gasteiger charge is -2.19. The van der Waals surface area contributed by atoms with Crippen LogP contribution in [0.4, 0.5) is 35.1 Å². The number of nitrogens with zero attached hydrogens (tertiary/aromatic N) is 5. The fourth-order valence-electron chi connectivity index (χ4n) is 4.13. The zero-order chi connectivity index (χ0) is 30.7. The lowest BCUT2D eigenvalue weighted by atomic mass is 10.1. The molecule has 16 heteroatoms. The molecule has 1 N–H and O–H groups in total. The van der Waals surface area contributed by atoms with Crippen molar-refractivity contribution in [1.29, 1.82) is 5.26 Å². The van der Waals surface area contributed by atoms with E-state index in [1.807, 2.05) is 6.07 Å². The van der Waals surface area contributed by atoms with E-state index in [1.54, 1.807) is 0 Å². The van der Waals surface area contributed by atoms with Gasteiger partial charge >= 0.3 is 18.3 Å². The summed E-state index contributed by atoms with van der Waals surface area (Å²) >= 11 is 6.15. The number of aromatic nitrogens is 4. The van der Waals surface area contributed by atoms with Gasteiger partial charge in [-0.3, -0.25) is 4.79 Å². The molecule has 4 aromatic rings. The fourth-order valence-corrected chi connectivity index (χ4v) is 4.33. The number of hydrogen-bond donors (Lipinski definition) is 1. The number of alkyl halides is 8. The average Bonchev–Trinajstić information content (AvgIpc) is 3.32. The van der Waals surface area contributed by atoms with Gasteiger partial charge in [0.2, 0.25) is 0 Å². The van der Waals surface area contributed by atoms with Gasteiger partial charge < -0.3 is 5.32 Å². The number of carbonyl (C=O) groups is 1. The van der Waals surface area contributed by atoms with Crippen molar-refractivity contribution >= 4 is 17.5 Å². The molecule has 1 fully saturated rings. The Morgan fingerprint density at radius 2 is 1.67 bits per heavy atom. The number of halogens is 9. The number of benzene rings is 2. The van der Waals surface area contributed by atoms with Crippen LogP contribution in [-0.2, 0) is 12.1 Å². The number of amides is 1. The van der Waals surface area contributed by atoms with Gasteiger partial charge in [0.15, 0.2) is 11.5 Å². The van der Waals surface area contributed by atoms with E-state index in [2.05, 4.69) is 15.5 Å². The molecule has 218 valence electrons. The predicted octanol–water partition coefficient (Wildman–Crippen LogP) is 6.84. The molecule has 0 saturated heterocycles. The Hall–Kier alpha value is -4.45. The second-order valence-corrected chi connectivity index (χ2v) is 9.79. The van der Waals surface area contributed by atoms with Crippen LogP contribution in [0.15, 0.2) is 60.9 Å². The highest BCUT2D eigenvalue weighted by Gasteiger charge is 2.64. The highest BCUT2D eigenvalue weighted by atomic mass is 35.5. The topological polar surface area (TPSA) is 88.5 Å². The van der Waals surface area contributed by atoms with Gasteiger partial charge in [0, 0.05) is 11.8 Å². The number of carbonyl (C=O) groups excluding carboxylic acids is 1. The van der Waals surface area contributed by atoms with Gasteiger partial charge in [-0.05, 0) is 42.7 Å². The lowest BCUT2D eigenvalue weighted by Crippen LogP contribution is -2.36. The first-order chi connectivity index (χ1) is 19.6. The SMILES string of the molecule is N#CC1(NC(=O)c2cc(-c3cnn(-c4c(C(F)(F)F)c(C(F)(F)C(F)(F)F)nn4-c4ccccc4)c3)ccc2Cl)CC1. The number of hydrogen-bond acceptors (Lipinski definition) is 4. The maximum Gasteiger partial charge on any atom is 0.459 e. The Balaban J connectivity index is 1.66. The summed E-state index contributed by atoms with van der Waals surface area (Å²) in [5.74, 6) is -7.88. The highest BCUT2D eigenvalue weighted by molar-refractivity contribution is 6.34. The third kappa shape index (κ3) is 5.06. The molecule has 1 saturated carbocycles.